The molecule has 29 heavy (non-hydrogen) atoms. The second kappa shape index (κ2) is 8.87. The maximum Gasteiger partial charge on any atom is 0.251 e. The summed E-state index contributed by atoms with van der Waals surface area (Å²) in [6.07, 6.45) is 1.66. The monoisotopic (exact) mass is 390 g/mol. The second-order valence-electron chi connectivity index (χ2n) is 6.97. The molecule has 0 amide bonds. The lowest BCUT2D eigenvalue weighted by Crippen LogP contribution is -2.36. The summed E-state index contributed by atoms with van der Waals surface area (Å²) in [5.41, 5.74) is 4.39. The summed E-state index contributed by atoms with van der Waals surface area (Å²) >= 11 is 0. The van der Waals surface area contributed by atoms with E-state index >= 15 is 0 Å². The Bertz CT molecular complexity index is 957. The number of aryl methyl sites for hydroxylation is 1. The normalized spacial score (nSPS) is 13.9. The van der Waals surface area contributed by atoms with Crippen LogP contribution in [0.3, 0.4) is 0 Å². The van der Waals surface area contributed by atoms with Gasteiger partial charge in [0.15, 0.2) is 5.82 Å². The first kappa shape index (κ1) is 19.1. The molecule has 0 aliphatic carbocycles. The number of nitrogens with one attached hydrogen (secondary N) is 1. The molecule has 0 spiro atoms. The molecule has 0 bridgehead atoms. The molecule has 1 aromatic heterocycles. The van der Waals surface area contributed by atoms with E-state index in [4.69, 9.17) is 9.72 Å². The minimum Gasteiger partial charge on any atom is -0.378 e. The summed E-state index contributed by atoms with van der Waals surface area (Å²) in [6.45, 7) is 8.16. The molecule has 1 fully saturated rings. The largest absolute Gasteiger partial charge is 0.378 e. The first-order chi connectivity index (χ1) is 14.2. The molecule has 150 valence electrons. The molecule has 1 aliphatic rings. The van der Waals surface area contributed by atoms with Crippen molar-refractivity contribution in [2.45, 2.75) is 13.8 Å². The Morgan fingerprint density at radius 1 is 1.10 bits per heavy atom. The van der Waals surface area contributed by atoms with Crippen LogP contribution >= 0.6 is 0 Å². The van der Waals surface area contributed by atoms with Crippen molar-refractivity contribution in [2.75, 3.05) is 48.0 Å². The Kier molecular flexibility index (Phi) is 5.86. The quantitative estimate of drug-likeness (QED) is 0.684. The van der Waals surface area contributed by atoms with E-state index in [1.54, 1.807) is 6.20 Å². The van der Waals surface area contributed by atoms with Crippen molar-refractivity contribution in [1.82, 2.24) is 15.2 Å². The van der Waals surface area contributed by atoms with E-state index in [1.165, 1.54) is 5.56 Å². The van der Waals surface area contributed by atoms with Crippen molar-refractivity contribution in [3.8, 4) is 0 Å². The van der Waals surface area contributed by atoms with Gasteiger partial charge in [-0.1, -0.05) is 24.3 Å². The number of para-hydroxylation sites is 2. The Balaban J connectivity index is 1.60. The zero-order valence-corrected chi connectivity index (χ0v) is 16.9. The minimum absolute atomic E-state index is 0.576. The average molecular weight is 390 g/mol. The predicted molar refractivity (Wildman–Crippen MR) is 116 cm³/mol. The van der Waals surface area contributed by atoms with Gasteiger partial charge in [-0.15, -0.1) is 5.10 Å². The molecule has 4 rings (SSSR count). The average Bonchev–Trinajstić information content (AvgIpc) is 2.76. The van der Waals surface area contributed by atoms with E-state index in [-0.39, 0.29) is 0 Å². The SMILES string of the molecule is CCN(c1cccc(C)c1)c1nncc(Nc2ccccc2N2CCOCC2)n1. The fraction of sp³-hybridized carbons (Fsp3) is 0.318. The zero-order valence-electron chi connectivity index (χ0n) is 16.9. The lowest BCUT2D eigenvalue weighted by Gasteiger charge is -2.30. The van der Waals surface area contributed by atoms with Crippen molar-refractivity contribution >= 4 is 28.8 Å². The summed E-state index contributed by atoms with van der Waals surface area (Å²) in [6, 6.07) is 16.6. The number of aromatic nitrogens is 3. The van der Waals surface area contributed by atoms with Crippen molar-refractivity contribution in [3.63, 3.8) is 0 Å². The van der Waals surface area contributed by atoms with Gasteiger partial charge >= 0.3 is 0 Å². The third-order valence-corrected chi connectivity index (χ3v) is 4.94. The molecule has 0 radical (unpaired) electrons. The number of hydrogen-bond acceptors (Lipinski definition) is 7. The number of morpholine rings is 1. The molecule has 2 aromatic carbocycles. The Morgan fingerprint density at radius 2 is 1.93 bits per heavy atom. The second-order valence-corrected chi connectivity index (χ2v) is 6.97. The standard InChI is InChI=1S/C22H26N6O/c1-3-28(18-8-6-7-17(2)15-18)22-25-21(16-23-26-22)24-19-9-4-5-10-20(19)27-11-13-29-14-12-27/h4-10,15-16H,3,11-14H2,1-2H3,(H,24,25,26). The summed E-state index contributed by atoms with van der Waals surface area (Å²) in [5, 5.41) is 11.9. The van der Waals surface area contributed by atoms with Gasteiger partial charge < -0.3 is 19.9 Å². The summed E-state index contributed by atoms with van der Waals surface area (Å²) in [4.78, 5) is 9.11. The number of nitrogens with zero attached hydrogens (tertiary/aromatic N) is 5. The van der Waals surface area contributed by atoms with Gasteiger partial charge in [0.25, 0.3) is 5.95 Å². The van der Waals surface area contributed by atoms with E-state index in [1.807, 2.05) is 12.1 Å². The van der Waals surface area contributed by atoms with Gasteiger partial charge in [0.1, 0.15) is 0 Å². The van der Waals surface area contributed by atoms with Crippen molar-refractivity contribution in [1.29, 1.82) is 0 Å². The number of ether oxygens (including phenoxy) is 1. The van der Waals surface area contributed by atoms with Crippen molar-refractivity contribution in [3.05, 3.63) is 60.3 Å². The predicted octanol–water partition coefficient (Wildman–Crippen LogP) is 3.92. The number of anilines is 5. The Labute approximate surface area is 171 Å². The maximum atomic E-state index is 5.49. The Hall–Kier alpha value is -3.19. The molecule has 1 saturated heterocycles. The van der Waals surface area contributed by atoms with Crippen LogP contribution in [-0.4, -0.2) is 48.0 Å². The molecule has 7 heteroatoms. The van der Waals surface area contributed by atoms with E-state index in [0.29, 0.717) is 11.8 Å². The zero-order chi connectivity index (χ0) is 20.1. The van der Waals surface area contributed by atoms with E-state index in [2.05, 4.69) is 75.6 Å². The number of hydrogen-bond donors (Lipinski definition) is 1. The highest BCUT2D eigenvalue weighted by atomic mass is 16.5. The fourth-order valence-electron chi connectivity index (χ4n) is 3.50. The van der Waals surface area contributed by atoms with E-state index < -0.39 is 0 Å². The first-order valence-electron chi connectivity index (χ1n) is 9.97. The fourth-order valence-corrected chi connectivity index (χ4v) is 3.50. The molecule has 1 aliphatic heterocycles. The molecule has 2 heterocycles. The minimum atomic E-state index is 0.576. The number of benzene rings is 2. The highest BCUT2D eigenvalue weighted by Crippen LogP contribution is 2.29. The van der Waals surface area contributed by atoms with Crippen molar-refractivity contribution < 1.29 is 4.74 Å². The molecular weight excluding hydrogens is 364 g/mol. The molecule has 0 saturated carbocycles. The van der Waals surface area contributed by atoms with Crippen LogP contribution in [0.15, 0.2) is 54.7 Å². The third-order valence-electron chi connectivity index (χ3n) is 4.94. The highest BCUT2D eigenvalue weighted by Gasteiger charge is 2.16. The summed E-state index contributed by atoms with van der Waals surface area (Å²) in [7, 11) is 0. The topological polar surface area (TPSA) is 66.4 Å². The van der Waals surface area contributed by atoms with Crippen LogP contribution in [0.5, 0.6) is 0 Å². The van der Waals surface area contributed by atoms with Crippen LogP contribution in [0.4, 0.5) is 28.8 Å². The molecule has 1 N–H and O–H groups in total. The van der Waals surface area contributed by atoms with Crippen LogP contribution in [0.2, 0.25) is 0 Å². The Morgan fingerprint density at radius 3 is 2.72 bits per heavy atom. The highest BCUT2D eigenvalue weighted by molar-refractivity contribution is 5.74. The van der Waals surface area contributed by atoms with Gasteiger partial charge in [-0.2, -0.15) is 10.1 Å². The van der Waals surface area contributed by atoms with E-state index in [9.17, 15) is 0 Å². The lowest BCUT2D eigenvalue weighted by molar-refractivity contribution is 0.123. The smallest absolute Gasteiger partial charge is 0.251 e. The summed E-state index contributed by atoms with van der Waals surface area (Å²) in [5.74, 6) is 1.24. The van der Waals surface area contributed by atoms with Gasteiger partial charge in [-0.05, 0) is 43.7 Å². The molecule has 3 aromatic rings. The van der Waals surface area contributed by atoms with Gasteiger partial charge in [-0.3, -0.25) is 0 Å². The number of rotatable bonds is 6. The summed E-state index contributed by atoms with van der Waals surface area (Å²) < 4.78 is 5.49. The van der Waals surface area contributed by atoms with Crippen LogP contribution in [-0.2, 0) is 4.74 Å². The van der Waals surface area contributed by atoms with Crippen LogP contribution in [0.1, 0.15) is 12.5 Å². The molecule has 0 atom stereocenters. The van der Waals surface area contributed by atoms with E-state index in [0.717, 1.165) is 49.9 Å². The lowest BCUT2D eigenvalue weighted by atomic mass is 10.2. The third kappa shape index (κ3) is 4.46. The van der Waals surface area contributed by atoms with Crippen LogP contribution < -0.4 is 15.1 Å². The maximum absolute atomic E-state index is 5.49. The van der Waals surface area contributed by atoms with Gasteiger partial charge in [0.2, 0.25) is 0 Å². The molecule has 7 nitrogen and oxygen atoms in total. The van der Waals surface area contributed by atoms with Crippen LogP contribution in [0.25, 0.3) is 0 Å². The first-order valence-corrected chi connectivity index (χ1v) is 9.97. The molecule has 0 unspecified atom stereocenters. The van der Waals surface area contributed by atoms with Gasteiger partial charge in [0, 0.05) is 25.3 Å². The molecular formula is C22H26N6O. The van der Waals surface area contributed by atoms with Gasteiger partial charge in [-0.25, -0.2) is 0 Å². The van der Waals surface area contributed by atoms with Gasteiger partial charge in [0.05, 0.1) is 30.8 Å². The van der Waals surface area contributed by atoms with Crippen molar-refractivity contribution in [2.24, 2.45) is 0 Å². The van der Waals surface area contributed by atoms with Crippen LogP contribution in [0, 0.1) is 6.92 Å².